The third-order valence-corrected chi connectivity index (χ3v) is 1.62. The second kappa shape index (κ2) is 4.81. The molecule has 1 aromatic carbocycles. The van der Waals surface area contributed by atoms with Crippen molar-refractivity contribution in [2.24, 2.45) is 0 Å². The third-order valence-electron chi connectivity index (χ3n) is 1.62. The van der Waals surface area contributed by atoms with Gasteiger partial charge in [-0.25, -0.2) is 13.2 Å². The molecule has 0 aromatic heterocycles. The maximum absolute atomic E-state index is 12.9. The average Bonchev–Trinajstić information content (AvgIpc) is 2.09. The van der Waals surface area contributed by atoms with Gasteiger partial charge in [0.2, 0.25) is 0 Å². The molecule has 1 rings (SSSR count). The molecule has 0 spiro atoms. The molecule has 0 aliphatic rings. The van der Waals surface area contributed by atoms with Crippen molar-refractivity contribution in [1.82, 2.24) is 0 Å². The quantitative estimate of drug-likeness (QED) is 0.798. The highest BCUT2D eigenvalue weighted by Gasteiger charge is 2.07. The lowest BCUT2D eigenvalue weighted by atomic mass is 10.1. The minimum Gasteiger partial charge on any atom is -0.396 e. The van der Waals surface area contributed by atoms with Crippen LogP contribution in [0.1, 0.15) is 12.0 Å². The number of hydrogen-bond acceptors (Lipinski definition) is 1. The van der Waals surface area contributed by atoms with Crippen LogP contribution in [0, 0.1) is 17.5 Å². The predicted molar refractivity (Wildman–Crippen MR) is 47.1 cm³/mol. The van der Waals surface area contributed by atoms with Crippen LogP contribution in [-0.4, -0.2) is 11.7 Å². The molecule has 14 heavy (non-hydrogen) atoms. The highest BCUT2D eigenvalue weighted by Crippen LogP contribution is 2.16. The van der Waals surface area contributed by atoms with Crippen molar-refractivity contribution in [1.29, 1.82) is 0 Å². The van der Waals surface area contributed by atoms with E-state index in [-0.39, 0.29) is 12.2 Å². The van der Waals surface area contributed by atoms with Gasteiger partial charge in [-0.1, -0.05) is 12.2 Å². The zero-order chi connectivity index (χ0) is 10.6. The molecule has 0 unspecified atom stereocenters. The van der Waals surface area contributed by atoms with Crippen LogP contribution in [0.4, 0.5) is 13.2 Å². The van der Waals surface area contributed by atoms with Gasteiger partial charge in [0.1, 0.15) is 17.5 Å². The first-order chi connectivity index (χ1) is 6.65. The van der Waals surface area contributed by atoms with E-state index >= 15 is 0 Å². The topological polar surface area (TPSA) is 20.2 Å². The van der Waals surface area contributed by atoms with Gasteiger partial charge in [-0.3, -0.25) is 0 Å². The minimum atomic E-state index is -0.948. The molecule has 0 saturated heterocycles. The molecule has 0 atom stereocenters. The molecular formula is C10H9F3O. The predicted octanol–water partition coefficient (Wildman–Crippen LogP) is 2.50. The van der Waals surface area contributed by atoms with Gasteiger partial charge in [-0.2, -0.15) is 0 Å². The largest absolute Gasteiger partial charge is 0.396 e. The Labute approximate surface area is 79.5 Å². The van der Waals surface area contributed by atoms with Crippen molar-refractivity contribution < 1.29 is 18.3 Å². The normalized spacial score (nSPS) is 11.1. The fraction of sp³-hybridized carbons (Fsp3) is 0.200. The monoisotopic (exact) mass is 202 g/mol. The maximum atomic E-state index is 12.9. The number of benzene rings is 1. The lowest BCUT2D eigenvalue weighted by Gasteiger charge is -1.99. The lowest BCUT2D eigenvalue weighted by molar-refractivity contribution is 0.303. The zero-order valence-corrected chi connectivity index (χ0v) is 7.30. The first-order valence-electron chi connectivity index (χ1n) is 4.07. The van der Waals surface area contributed by atoms with Crippen molar-refractivity contribution in [2.75, 3.05) is 6.61 Å². The summed E-state index contributed by atoms with van der Waals surface area (Å²) in [5.74, 6) is -2.84. The first-order valence-corrected chi connectivity index (χ1v) is 4.07. The smallest absolute Gasteiger partial charge is 0.136 e. The molecule has 0 bridgehead atoms. The average molecular weight is 202 g/mol. The molecule has 1 N–H and O–H groups in total. The van der Waals surface area contributed by atoms with E-state index in [2.05, 4.69) is 0 Å². The SMILES string of the molecule is OCCC=Cc1c(F)cc(F)cc1F. The third kappa shape index (κ3) is 2.60. The van der Waals surface area contributed by atoms with E-state index in [0.717, 1.165) is 0 Å². The highest BCUT2D eigenvalue weighted by atomic mass is 19.1. The summed E-state index contributed by atoms with van der Waals surface area (Å²) in [7, 11) is 0. The van der Waals surface area contributed by atoms with E-state index in [4.69, 9.17) is 5.11 Å². The van der Waals surface area contributed by atoms with Crippen LogP contribution < -0.4 is 0 Å². The Balaban J connectivity index is 2.96. The standard InChI is InChI=1S/C10H9F3O/c11-7-5-9(12)8(10(13)6-7)3-1-2-4-14/h1,3,5-6,14H,2,4H2. The van der Waals surface area contributed by atoms with Gasteiger partial charge >= 0.3 is 0 Å². The summed E-state index contributed by atoms with van der Waals surface area (Å²) in [6, 6.07) is 1.23. The summed E-state index contributed by atoms with van der Waals surface area (Å²) < 4.78 is 38.3. The van der Waals surface area contributed by atoms with Crippen LogP contribution in [0.3, 0.4) is 0 Å². The molecule has 0 fully saturated rings. The number of aliphatic hydroxyl groups excluding tert-OH is 1. The summed E-state index contributed by atoms with van der Waals surface area (Å²) in [6.07, 6.45) is 2.90. The maximum Gasteiger partial charge on any atom is 0.136 e. The summed E-state index contributed by atoms with van der Waals surface area (Å²) in [5.41, 5.74) is -0.292. The molecule has 0 saturated carbocycles. The number of hydrogen-bond donors (Lipinski definition) is 1. The van der Waals surface area contributed by atoms with Crippen LogP contribution in [0.15, 0.2) is 18.2 Å². The van der Waals surface area contributed by atoms with E-state index in [9.17, 15) is 13.2 Å². The van der Waals surface area contributed by atoms with E-state index in [0.29, 0.717) is 18.6 Å². The van der Waals surface area contributed by atoms with Gasteiger partial charge in [-0.05, 0) is 6.42 Å². The Hall–Kier alpha value is -1.29. The van der Waals surface area contributed by atoms with Crippen LogP contribution in [-0.2, 0) is 0 Å². The van der Waals surface area contributed by atoms with E-state index in [1.807, 2.05) is 0 Å². The van der Waals surface area contributed by atoms with Gasteiger partial charge < -0.3 is 5.11 Å². The van der Waals surface area contributed by atoms with Gasteiger partial charge in [-0.15, -0.1) is 0 Å². The number of aliphatic hydroxyl groups is 1. The second-order valence-electron chi connectivity index (χ2n) is 2.70. The van der Waals surface area contributed by atoms with Crippen molar-refractivity contribution in [2.45, 2.75) is 6.42 Å². The van der Waals surface area contributed by atoms with Crippen molar-refractivity contribution in [3.05, 3.63) is 41.2 Å². The number of rotatable bonds is 3. The first kappa shape index (κ1) is 10.8. The van der Waals surface area contributed by atoms with Crippen LogP contribution in [0.5, 0.6) is 0 Å². The molecule has 0 aliphatic heterocycles. The Morgan fingerprint density at radius 3 is 2.21 bits per heavy atom. The Morgan fingerprint density at radius 2 is 1.71 bits per heavy atom. The molecule has 1 nitrogen and oxygen atoms in total. The van der Waals surface area contributed by atoms with Crippen LogP contribution in [0.25, 0.3) is 6.08 Å². The van der Waals surface area contributed by atoms with Gasteiger partial charge in [0.15, 0.2) is 0 Å². The van der Waals surface area contributed by atoms with Crippen LogP contribution in [0.2, 0.25) is 0 Å². The van der Waals surface area contributed by atoms with Crippen molar-refractivity contribution >= 4 is 6.08 Å². The molecule has 4 heteroatoms. The Kier molecular flexibility index (Phi) is 3.71. The highest BCUT2D eigenvalue weighted by molar-refractivity contribution is 5.50. The molecule has 0 radical (unpaired) electrons. The second-order valence-corrected chi connectivity index (χ2v) is 2.70. The molecule has 76 valence electrons. The minimum absolute atomic E-state index is 0.0963. The molecule has 0 heterocycles. The summed E-state index contributed by atoms with van der Waals surface area (Å²) >= 11 is 0. The summed E-state index contributed by atoms with van der Waals surface area (Å²) in [6.45, 7) is -0.0963. The Bertz CT molecular complexity index is 324. The molecule has 0 aliphatic carbocycles. The van der Waals surface area contributed by atoms with Crippen molar-refractivity contribution in [3.63, 3.8) is 0 Å². The van der Waals surface area contributed by atoms with Gasteiger partial charge in [0, 0.05) is 24.3 Å². The van der Waals surface area contributed by atoms with E-state index < -0.39 is 17.5 Å². The van der Waals surface area contributed by atoms with Crippen molar-refractivity contribution in [3.8, 4) is 0 Å². The van der Waals surface area contributed by atoms with Gasteiger partial charge in [0.25, 0.3) is 0 Å². The number of halogens is 3. The fourth-order valence-electron chi connectivity index (χ4n) is 0.988. The lowest BCUT2D eigenvalue weighted by Crippen LogP contribution is -1.91. The molecule has 0 amide bonds. The van der Waals surface area contributed by atoms with E-state index in [1.165, 1.54) is 12.2 Å². The van der Waals surface area contributed by atoms with Crippen LogP contribution >= 0.6 is 0 Å². The van der Waals surface area contributed by atoms with E-state index in [1.54, 1.807) is 0 Å². The Morgan fingerprint density at radius 1 is 1.14 bits per heavy atom. The fourth-order valence-corrected chi connectivity index (χ4v) is 0.988. The molecule has 1 aromatic rings. The van der Waals surface area contributed by atoms with Gasteiger partial charge in [0.05, 0.1) is 0 Å². The molecular weight excluding hydrogens is 193 g/mol. The summed E-state index contributed by atoms with van der Waals surface area (Å²) in [5, 5.41) is 8.43. The zero-order valence-electron chi connectivity index (χ0n) is 7.30. The summed E-state index contributed by atoms with van der Waals surface area (Å²) in [4.78, 5) is 0.